The molecule has 0 aromatic heterocycles. The molecule has 0 nitrogen and oxygen atoms in total. The van der Waals surface area contributed by atoms with E-state index in [1.165, 1.54) is 8.58 Å². The van der Waals surface area contributed by atoms with Crippen molar-refractivity contribution in [2.24, 2.45) is 35.5 Å². The SMILES string of the molecule is B.C1C2CC3CC1CC(PC14CC5CC(CC(C5)C1)C4)(C2)C3. The molecule has 0 spiro atoms. The minimum absolute atomic E-state index is 0. The van der Waals surface area contributed by atoms with Gasteiger partial charge in [0.2, 0.25) is 0 Å². The van der Waals surface area contributed by atoms with Gasteiger partial charge in [-0.3, -0.25) is 0 Å². The second-order valence-electron chi connectivity index (χ2n) is 10.5. The van der Waals surface area contributed by atoms with Crippen LogP contribution >= 0.6 is 8.58 Å². The number of rotatable bonds is 2. The molecule has 22 heavy (non-hydrogen) atoms. The molecule has 0 unspecified atom stereocenters. The highest BCUT2D eigenvalue weighted by Gasteiger charge is 2.57. The van der Waals surface area contributed by atoms with E-state index in [4.69, 9.17) is 0 Å². The van der Waals surface area contributed by atoms with Crippen LogP contribution in [0.2, 0.25) is 0 Å². The van der Waals surface area contributed by atoms with Crippen molar-refractivity contribution in [3.63, 3.8) is 0 Å². The van der Waals surface area contributed by atoms with E-state index in [-0.39, 0.29) is 8.41 Å². The van der Waals surface area contributed by atoms with Gasteiger partial charge in [0, 0.05) is 0 Å². The van der Waals surface area contributed by atoms with Gasteiger partial charge in [0.25, 0.3) is 0 Å². The molecule has 8 bridgehead atoms. The quantitative estimate of drug-likeness (QED) is 0.523. The summed E-state index contributed by atoms with van der Waals surface area (Å²) in [4.78, 5) is 0. The van der Waals surface area contributed by atoms with E-state index in [0.29, 0.717) is 0 Å². The van der Waals surface area contributed by atoms with Crippen molar-refractivity contribution in [3.8, 4) is 0 Å². The van der Waals surface area contributed by atoms with E-state index < -0.39 is 0 Å². The molecular formula is C20H34BP. The standard InChI is InChI=1S/C20H31P.BH3/c1-13-2-15-3-14(1)8-19(7-13,9-15)21-20-10-16-4-17(11-20)6-18(5-16)12-20;/h13-18,21H,1-12H2;1H3. The summed E-state index contributed by atoms with van der Waals surface area (Å²) in [6.45, 7) is 0. The first-order valence-corrected chi connectivity index (χ1v) is 11.0. The van der Waals surface area contributed by atoms with Crippen molar-refractivity contribution in [1.82, 2.24) is 0 Å². The highest BCUT2D eigenvalue weighted by atomic mass is 31.1. The van der Waals surface area contributed by atoms with Gasteiger partial charge in [0.05, 0.1) is 8.41 Å². The second-order valence-corrected chi connectivity index (χ2v) is 12.9. The monoisotopic (exact) mass is 316 g/mol. The number of hydrogen-bond donors (Lipinski definition) is 0. The topological polar surface area (TPSA) is 0 Å². The molecule has 8 fully saturated rings. The van der Waals surface area contributed by atoms with Crippen LogP contribution in [0.15, 0.2) is 0 Å². The molecule has 0 amide bonds. The van der Waals surface area contributed by atoms with Gasteiger partial charge in [-0.05, 0) is 123 Å². The van der Waals surface area contributed by atoms with Gasteiger partial charge < -0.3 is 0 Å². The van der Waals surface area contributed by atoms with Gasteiger partial charge in [-0.1, -0.05) is 0 Å². The fourth-order valence-electron chi connectivity index (χ4n) is 9.09. The molecule has 8 saturated carbocycles. The van der Waals surface area contributed by atoms with E-state index >= 15 is 0 Å². The summed E-state index contributed by atoms with van der Waals surface area (Å²) in [5.41, 5.74) is 0. The lowest BCUT2D eigenvalue weighted by Gasteiger charge is -2.63. The van der Waals surface area contributed by atoms with Crippen LogP contribution in [0.1, 0.15) is 77.0 Å². The van der Waals surface area contributed by atoms with Crippen molar-refractivity contribution in [3.05, 3.63) is 0 Å². The molecule has 0 radical (unpaired) electrons. The van der Waals surface area contributed by atoms with E-state index in [2.05, 4.69) is 0 Å². The molecule has 122 valence electrons. The largest absolute Gasteiger partial charge is 0.109 e. The lowest BCUT2D eigenvalue weighted by Crippen LogP contribution is -2.53. The first-order chi connectivity index (χ1) is 10.2. The van der Waals surface area contributed by atoms with Crippen molar-refractivity contribution >= 4 is 17.0 Å². The van der Waals surface area contributed by atoms with Crippen molar-refractivity contribution in [2.45, 2.75) is 87.4 Å². The Morgan fingerprint density at radius 2 is 0.682 bits per heavy atom. The third kappa shape index (κ3) is 2.13. The van der Waals surface area contributed by atoms with Crippen LogP contribution in [-0.2, 0) is 0 Å². The van der Waals surface area contributed by atoms with Crippen LogP contribution in [0.4, 0.5) is 0 Å². The Morgan fingerprint density at radius 1 is 0.455 bits per heavy atom. The molecule has 2 heteroatoms. The molecule has 8 aliphatic rings. The summed E-state index contributed by atoms with van der Waals surface area (Å²) in [5.74, 6) is 6.99. The summed E-state index contributed by atoms with van der Waals surface area (Å²) in [6, 6.07) is 0. The number of hydrogen-bond acceptors (Lipinski definition) is 0. The van der Waals surface area contributed by atoms with E-state index in [0.717, 1.165) is 45.8 Å². The zero-order chi connectivity index (χ0) is 13.7. The van der Waals surface area contributed by atoms with Crippen LogP contribution in [-0.4, -0.2) is 18.7 Å². The minimum atomic E-state index is 0. The minimum Gasteiger partial charge on any atom is -0.109 e. The summed E-state index contributed by atoms with van der Waals surface area (Å²) in [7, 11) is 1.38. The molecule has 0 N–H and O–H groups in total. The maximum atomic E-state index is 1.67. The molecule has 0 saturated heterocycles. The van der Waals surface area contributed by atoms with Crippen molar-refractivity contribution in [1.29, 1.82) is 0 Å². The van der Waals surface area contributed by atoms with E-state index in [9.17, 15) is 0 Å². The summed E-state index contributed by atoms with van der Waals surface area (Å²) < 4.78 is 0. The maximum absolute atomic E-state index is 1.67. The summed E-state index contributed by atoms with van der Waals surface area (Å²) in [6.07, 6.45) is 19.8. The first kappa shape index (κ1) is 14.8. The Kier molecular flexibility index (Phi) is 3.21. The Labute approximate surface area is 140 Å². The molecule has 8 aliphatic carbocycles. The van der Waals surface area contributed by atoms with Crippen LogP contribution < -0.4 is 0 Å². The van der Waals surface area contributed by atoms with Crippen LogP contribution in [0.5, 0.6) is 0 Å². The van der Waals surface area contributed by atoms with Crippen LogP contribution in [0.3, 0.4) is 0 Å². The summed E-state index contributed by atoms with van der Waals surface area (Å²) in [5, 5.41) is 1.75. The van der Waals surface area contributed by atoms with Crippen molar-refractivity contribution < 1.29 is 0 Å². The van der Waals surface area contributed by atoms with Crippen LogP contribution in [0.25, 0.3) is 0 Å². The Bertz CT molecular complexity index is 358. The lowest BCUT2D eigenvalue weighted by atomic mass is 9.55. The highest BCUT2D eigenvalue weighted by molar-refractivity contribution is 7.42. The third-order valence-electron chi connectivity index (χ3n) is 8.61. The fraction of sp³-hybridized carbons (Fsp3) is 1.00. The zero-order valence-electron chi connectivity index (χ0n) is 13.4. The molecular weight excluding hydrogens is 282 g/mol. The Hall–Kier alpha value is 0.495. The van der Waals surface area contributed by atoms with Crippen molar-refractivity contribution in [2.75, 3.05) is 0 Å². The average Bonchev–Trinajstić information content (AvgIpc) is 2.33. The molecule has 0 aromatic rings. The Morgan fingerprint density at radius 3 is 0.909 bits per heavy atom. The summed E-state index contributed by atoms with van der Waals surface area (Å²) >= 11 is 0. The predicted octanol–water partition coefficient (Wildman–Crippen LogP) is 4.42. The van der Waals surface area contributed by atoms with E-state index in [1.54, 1.807) is 77.0 Å². The van der Waals surface area contributed by atoms with E-state index in [1.807, 2.05) is 0 Å². The smallest absolute Gasteiger partial charge is 0.0814 e. The third-order valence-corrected chi connectivity index (χ3v) is 10.9. The predicted molar refractivity (Wildman–Crippen MR) is 100 cm³/mol. The molecule has 0 atom stereocenters. The van der Waals surface area contributed by atoms with Gasteiger partial charge in [-0.25, -0.2) is 0 Å². The molecule has 0 aliphatic heterocycles. The van der Waals surface area contributed by atoms with Gasteiger partial charge in [0.1, 0.15) is 0 Å². The maximum Gasteiger partial charge on any atom is 0.0814 e. The molecule has 0 heterocycles. The van der Waals surface area contributed by atoms with Gasteiger partial charge in [-0.2, -0.15) is 0 Å². The van der Waals surface area contributed by atoms with Gasteiger partial charge >= 0.3 is 0 Å². The van der Waals surface area contributed by atoms with Crippen LogP contribution in [0, 0.1) is 35.5 Å². The zero-order valence-corrected chi connectivity index (χ0v) is 14.4. The molecule has 0 aromatic carbocycles. The second kappa shape index (κ2) is 4.77. The highest BCUT2D eigenvalue weighted by Crippen LogP contribution is 2.71. The first-order valence-electron chi connectivity index (χ1n) is 9.97. The fourth-order valence-corrected chi connectivity index (χ4v) is 12.6. The van der Waals surface area contributed by atoms with Gasteiger partial charge in [0.15, 0.2) is 0 Å². The normalized spacial score (nSPS) is 61.1. The lowest BCUT2D eigenvalue weighted by molar-refractivity contribution is 0.0210. The molecule has 8 rings (SSSR count). The average molecular weight is 316 g/mol. The Balaban J connectivity index is 0.00000113. The van der Waals surface area contributed by atoms with Gasteiger partial charge in [-0.15, -0.1) is 8.58 Å².